The molecule has 29 heavy (non-hydrogen) atoms. The smallest absolute Gasteiger partial charge is 0.253 e. The molecule has 2 aromatic carbocycles. The molecule has 0 spiro atoms. The van der Waals surface area contributed by atoms with Gasteiger partial charge in [-0.15, -0.1) is 0 Å². The van der Waals surface area contributed by atoms with Crippen molar-refractivity contribution in [2.45, 2.75) is 26.4 Å². The Morgan fingerprint density at radius 1 is 0.966 bits per heavy atom. The van der Waals surface area contributed by atoms with Gasteiger partial charge >= 0.3 is 0 Å². The number of carbonyl (C=O) groups is 1. The molecule has 1 N–H and O–H groups in total. The highest BCUT2D eigenvalue weighted by atomic mass is 16.1. The van der Waals surface area contributed by atoms with Gasteiger partial charge < -0.3 is 14.8 Å². The van der Waals surface area contributed by atoms with E-state index < -0.39 is 0 Å². The standard InChI is InChI=1S/C23H27N5O/c1-16(2)26-12-14-27(15-13-26)18-8-6-17(7-9-18)22-25-20-5-3-4-19-21(20)28(22)11-10-24-23(19)29/h3-9,16H,10-15H2,1-2H3,(H,24,29). The quantitative estimate of drug-likeness (QED) is 0.748. The van der Waals surface area contributed by atoms with Gasteiger partial charge in [0.25, 0.3) is 5.91 Å². The molecular formula is C23H27N5O. The maximum absolute atomic E-state index is 12.4. The van der Waals surface area contributed by atoms with E-state index in [0.29, 0.717) is 18.2 Å². The number of piperazine rings is 1. The predicted molar refractivity (Wildman–Crippen MR) is 116 cm³/mol. The van der Waals surface area contributed by atoms with Crippen LogP contribution in [0.3, 0.4) is 0 Å². The highest BCUT2D eigenvalue weighted by molar-refractivity contribution is 6.06. The lowest BCUT2D eigenvalue weighted by molar-refractivity contribution is 0.0956. The lowest BCUT2D eigenvalue weighted by Crippen LogP contribution is -2.48. The number of benzene rings is 2. The van der Waals surface area contributed by atoms with Crippen molar-refractivity contribution in [1.29, 1.82) is 0 Å². The van der Waals surface area contributed by atoms with E-state index in [9.17, 15) is 4.79 Å². The molecule has 3 heterocycles. The van der Waals surface area contributed by atoms with Crippen LogP contribution in [0.5, 0.6) is 0 Å². The van der Waals surface area contributed by atoms with E-state index in [1.165, 1.54) is 5.69 Å². The number of anilines is 1. The number of hydrogen-bond acceptors (Lipinski definition) is 4. The first-order valence-corrected chi connectivity index (χ1v) is 10.5. The van der Waals surface area contributed by atoms with Crippen LogP contribution in [0.2, 0.25) is 0 Å². The summed E-state index contributed by atoms with van der Waals surface area (Å²) in [6, 6.07) is 15.1. The van der Waals surface area contributed by atoms with Gasteiger partial charge in [0, 0.05) is 56.6 Å². The lowest BCUT2D eigenvalue weighted by atomic mass is 10.1. The SMILES string of the molecule is CC(C)N1CCN(c2ccc(-c3nc4cccc5c4n3CCNC5=O)cc2)CC1. The average Bonchev–Trinajstić information content (AvgIpc) is 3.03. The Morgan fingerprint density at radius 3 is 2.45 bits per heavy atom. The second kappa shape index (κ2) is 7.19. The minimum absolute atomic E-state index is 0.0170. The fraction of sp³-hybridized carbons (Fsp3) is 0.391. The van der Waals surface area contributed by atoms with Crippen molar-refractivity contribution in [3.05, 3.63) is 48.0 Å². The molecule has 3 aromatic rings. The molecule has 0 aliphatic carbocycles. The third-order valence-electron chi connectivity index (χ3n) is 6.17. The first-order valence-electron chi connectivity index (χ1n) is 10.5. The molecular weight excluding hydrogens is 362 g/mol. The molecule has 2 aliphatic heterocycles. The topological polar surface area (TPSA) is 53.4 Å². The van der Waals surface area contributed by atoms with Crippen LogP contribution in [0.15, 0.2) is 42.5 Å². The Labute approximate surface area is 171 Å². The fourth-order valence-electron chi connectivity index (χ4n) is 4.50. The number of amides is 1. The summed E-state index contributed by atoms with van der Waals surface area (Å²) in [5.74, 6) is 0.914. The van der Waals surface area contributed by atoms with Crippen LogP contribution >= 0.6 is 0 Å². The lowest BCUT2D eigenvalue weighted by Gasteiger charge is -2.38. The molecule has 1 saturated heterocycles. The zero-order chi connectivity index (χ0) is 20.0. The van der Waals surface area contributed by atoms with Gasteiger partial charge in [-0.1, -0.05) is 6.07 Å². The predicted octanol–water partition coefficient (Wildman–Crippen LogP) is 2.98. The van der Waals surface area contributed by atoms with Crippen LogP contribution in [-0.2, 0) is 6.54 Å². The summed E-state index contributed by atoms with van der Waals surface area (Å²) in [6.45, 7) is 10.2. The van der Waals surface area contributed by atoms with E-state index in [0.717, 1.165) is 55.1 Å². The van der Waals surface area contributed by atoms with Gasteiger partial charge in [0.05, 0.1) is 16.6 Å². The molecule has 0 bridgehead atoms. The van der Waals surface area contributed by atoms with Gasteiger partial charge in [-0.2, -0.15) is 0 Å². The second-order valence-electron chi connectivity index (χ2n) is 8.18. The summed E-state index contributed by atoms with van der Waals surface area (Å²) in [5.41, 5.74) is 4.88. The normalized spacial score (nSPS) is 17.6. The monoisotopic (exact) mass is 389 g/mol. The first-order chi connectivity index (χ1) is 14.1. The maximum Gasteiger partial charge on any atom is 0.253 e. The van der Waals surface area contributed by atoms with Crippen molar-refractivity contribution in [2.75, 3.05) is 37.6 Å². The highest BCUT2D eigenvalue weighted by Crippen LogP contribution is 2.29. The second-order valence-corrected chi connectivity index (χ2v) is 8.18. The van der Waals surface area contributed by atoms with Crippen molar-refractivity contribution < 1.29 is 4.79 Å². The van der Waals surface area contributed by atoms with E-state index in [-0.39, 0.29) is 5.91 Å². The van der Waals surface area contributed by atoms with Crippen LogP contribution in [0.25, 0.3) is 22.4 Å². The van der Waals surface area contributed by atoms with E-state index >= 15 is 0 Å². The van der Waals surface area contributed by atoms with Gasteiger partial charge in [0.15, 0.2) is 0 Å². The average molecular weight is 390 g/mol. The van der Waals surface area contributed by atoms with Gasteiger partial charge in [-0.3, -0.25) is 9.69 Å². The summed E-state index contributed by atoms with van der Waals surface area (Å²) >= 11 is 0. The van der Waals surface area contributed by atoms with Crippen LogP contribution in [0, 0.1) is 0 Å². The number of nitrogens with one attached hydrogen (secondary N) is 1. The summed E-state index contributed by atoms with van der Waals surface area (Å²) in [4.78, 5) is 22.2. The Balaban J connectivity index is 1.45. The molecule has 1 aromatic heterocycles. The van der Waals surface area contributed by atoms with Crippen LogP contribution < -0.4 is 10.2 Å². The summed E-state index contributed by atoms with van der Waals surface area (Å²) in [5, 5.41) is 2.98. The van der Waals surface area contributed by atoms with Crippen LogP contribution in [0.1, 0.15) is 24.2 Å². The van der Waals surface area contributed by atoms with Gasteiger partial charge in [0.2, 0.25) is 0 Å². The molecule has 1 amide bonds. The molecule has 0 saturated carbocycles. The molecule has 6 nitrogen and oxygen atoms in total. The Kier molecular flexibility index (Phi) is 4.51. The molecule has 5 rings (SSSR count). The fourth-order valence-corrected chi connectivity index (χ4v) is 4.50. The molecule has 0 unspecified atom stereocenters. The summed E-state index contributed by atoms with van der Waals surface area (Å²) in [6.07, 6.45) is 0. The first kappa shape index (κ1) is 18.2. The Hall–Kier alpha value is -2.86. The van der Waals surface area contributed by atoms with Crippen LogP contribution in [0.4, 0.5) is 5.69 Å². The number of hydrogen-bond donors (Lipinski definition) is 1. The number of para-hydroxylation sites is 1. The third kappa shape index (κ3) is 3.17. The number of imidazole rings is 1. The van der Waals surface area contributed by atoms with Crippen molar-refractivity contribution >= 4 is 22.6 Å². The van der Waals surface area contributed by atoms with E-state index in [1.54, 1.807) is 0 Å². The highest BCUT2D eigenvalue weighted by Gasteiger charge is 2.22. The molecule has 0 radical (unpaired) electrons. The maximum atomic E-state index is 12.4. The minimum Gasteiger partial charge on any atom is -0.369 e. The molecule has 1 fully saturated rings. The molecule has 0 atom stereocenters. The number of nitrogens with zero attached hydrogens (tertiary/aromatic N) is 4. The summed E-state index contributed by atoms with van der Waals surface area (Å²) in [7, 11) is 0. The van der Waals surface area contributed by atoms with Crippen molar-refractivity contribution in [2.24, 2.45) is 0 Å². The zero-order valence-electron chi connectivity index (χ0n) is 17.1. The summed E-state index contributed by atoms with van der Waals surface area (Å²) < 4.78 is 2.18. The molecule has 6 heteroatoms. The van der Waals surface area contributed by atoms with Gasteiger partial charge in [0.1, 0.15) is 5.82 Å². The van der Waals surface area contributed by atoms with Crippen LogP contribution in [-0.4, -0.2) is 59.1 Å². The van der Waals surface area contributed by atoms with E-state index in [4.69, 9.17) is 4.98 Å². The minimum atomic E-state index is -0.0170. The van der Waals surface area contributed by atoms with Gasteiger partial charge in [-0.05, 0) is 50.2 Å². The Morgan fingerprint density at radius 2 is 1.72 bits per heavy atom. The molecule has 2 aliphatic rings. The largest absolute Gasteiger partial charge is 0.369 e. The zero-order valence-corrected chi connectivity index (χ0v) is 17.1. The Bertz CT molecular complexity index is 1050. The van der Waals surface area contributed by atoms with Crippen molar-refractivity contribution in [3.63, 3.8) is 0 Å². The third-order valence-corrected chi connectivity index (χ3v) is 6.17. The van der Waals surface area contributed by atoms with Crippen molar-refractivity contribution in [3.8, 4) is 11.4 Å². The number of rotatable bonds is 3. The number of carbonyl (C=O) groups excluding carboxylic acids is 1. The number of aromatic nitrogens is 2. The van der Waals surface area contributed by atoms with Gasteiger partial charge in [-0.25, -0.2) is 4.98 Å². The van der Waals surface area contributed by atoms with Crippen molar-refractivity contribution in [1.82, 2.24) is 19.8 Å². The van der Waals surface area contributed by atoms with E-state index in [2.05, 4.69) is 57.8 Å². The molecule has 150 valence electrons. The van der Waals surface area contributed by atoms with E-state index in [1.807, 2.05) is 18.2 Å².